The van der Waals surface area contributed by atoms with Crippen molar-refractivity contribution < 1.29 is 46.3 Å². The minimum Gasteiger partial charge on any atom is -0.456 e. The number of ether oxygens (including phenoxy) is 4. The van der Waals surface area contributed by atoms with Crippen molar-refractivity contribution in [3.05, 3.63) is 63.4 Å². The number of hydrogen-bond acceptors (Lipinski definition) is 11. The molecular formula is C25H32FN2O11P. The fourth-order valence-corrected chi connectivity index (χ4v) is 5.74. The number of rotatable bonds is 12. The highest BCUT2D eigenvalue weighted by Gasteiger charge is 2.58. The van der Waals surface area contributed by atoms with Gasteiger partial charge in [-0.2, -0.15) is 0 Å². The first-order valence-corrected chi connectivity index (χ1v) is 14.3. The predicted octanol–water partition coefficient (Wildman–Crippen LogP) is 2.86. The summed E-state index contributed by atoms with van der Waals surface area (Å²) in [5.41, 5.74) is -4.10. The molecule has 6 atom stereocenters. The Bertz CT molecular complexity index is 1310. The van der Waals surface area contributed by atoms with Gasteiger partial charge < -0.3 is 23.5 Å². The zero-order valence-electron chi connectivity index (χ0n) is 22.2. The number of carbonyl (C=O) groups excluding carboxylic acids is 1. The van der Waals surface area contributed by atoms with Crippen molar-refractivity contribution in [1.29, 1.82) is 0 Å². The number of para-hydroxylation sites is 1. The number of phosphoric ester groups is 1. The number of nitrogens with one attached hydrogen (secondary N) is 1. The molecule has 40 heavy (non-hydrogen) atoms. The van der Waals surface area contributed by atoms with E-state index in [9.17, 15) is 18.9 Å². The summed E-state index contributed by atoms with van der Waals surface area (Å²) in [5, 5.41) is 0. The van der Waals surface area contributed by atoms with Crippen molar-refractivity contribution in [3.63, 3.8) is 0 Å². The highest BCUT2D eigenvalue weighted by Crippen LogP contribution is 2.53. The number of benzene rings is 1. The van der Waals surface area contributed by atoms with E-state index in [4.69, 9.17) is 32.5 Å². The van der Waals surface area contributed by atoms with Crippen molar-refractivity contribution >= 4 is 13.8 Å². The van der Waals surface area contributed by atoms with Gasteiger partial charge in [0.15, 0.2) is 24.3 Å². The fourth-order valence-electron chi connectivity index (χ4n) is 4.29. The molecule has 13 nitrogen and oxygen atoms in total. The van der Waals surface area contributed by atoms with E-state index in [0.717, 1.165) is 23.8 Å². The number of H-pyrrole nitrogens is 1. The molecule has 0 aliphatic carbocycles. The molecule has 1 N–H and O–H groups in total. The standard InChI is InChI=1S/C25H32FN2O11P/c1-4-17(22-33-13-14-34-22)39-40(32,38-16-9-7-6-8-10-16)35-15-18-21(37-20(30)5-2)25(3,26)23(36-18)28-12-11-19(29)27-24(28)31/h6-12,17-18,21-23H,4-5,13-15H2,1-3H3,(H,27,29,31)/t17?,18-,21-,23-,25-,40?/m1/s1. The molecule has 0 spiro atoms. The van der Waals surface area contributed by atoms with Gasteiger partial charge in [-0.25, -0.2) is 13.8 Å². The van der Waals surface area contributed by atoms with Crippen molar-refractivity contribution in [2.24, 2.45) is 0 Å². The van der Waals surface area contributed by atoms with Crippen LogP contribution in [0.2, 0.25) is 0 Å². The maximum atomic E-state index is 16.2. The van der Waals surface area contributed by atoms with Crippen LogP contribution in [0.4, 0.5) is 4.39 Å². The van der Waals surface area contributed by atoms with Crippen LogP contribution in [0.5, 0.6) is 5.75 Å². The molecule has 2 aliphatic heterocycles. The number of halogens is 1. The SMILES string of the molecule is CCC(=O)O[C@@H]1[C@@H](COP(=O)(Oc2ccccc2)OC(CC)C2OCCO2)O[C@@H](n2ccc(=O)[nH]c2=O)[C@]1(C)F. The van der Waals surface area contributed by atoms with Gasteiger partial charge in [0.25, 0.3) is 5.56 Å². The van der Waals surface area contributed by atoms with E-state index in [1.807, 2.05) is 4.98 Å². The van der Waals surface area contributed by atoms with Crippen molar-refractivity contribution in [1.82, 2.24) is 9.55 Å². The van der Waals surface area contributed by atoms with Crippen LogP contribution in [0.25, 0.3) is 0 Å². The second-order valence-corrected chi connectivity index (χ2v) is 10.8. The molecule has 0 bridgehead atoms. The highest BCUT2D eigenvalue weighted by atomic mass is 31.2. The fraction of sp³-hybridized carbons (Fsp3) is 0.560. The summed E-state index contributed by atoms with van der Waals surface area (Å²) < 4.78 is 70.2. The lowest BCUT2D eigenvalue weighted by Gasteiger charge is -2.28. The number of nitrogens with zero attached hydrogens (tertiary/aromatic N) is 1. The largest absolute Gasteiger partial charge is 0.530 e. The van der Waals surface area contributed by atoms with Gasteiger partial charge in [0.05, 0.1) is 19.8 Å². The van der Waals surface area contributed by atoms with Gasteiger partial charge in [-0.15, -0.1) is 0 Å². The van der Waals surface area contributed by atoms with Crippen LogP contribution in [-0.4, -0.2) is 65.6 Å². The van der Waals surface area contributed by atoms with E-state index in [2.05, 4.69) is 0 Å². The molecule has 1 aromatic heterocycles. The third-order valence-electron chi connectivity index (χ3n) is 6.31. The van der Waals surface area contributed by atoms with E-state index in [1.54, 1.807) is 25.1 Å². The van der Waals surface area contributed by atoms with Crippen molar-refractivity contribution in [2.75, 3.05) is 19.8 Å². The molecule has 2 saturated heterocycles. The van der Waals surface area contributed by atoms with Gasteiger partial charge in [-0.05, 0) is 25.5 Å². The minimum absolute atomic E-state index is 0.0677. The summed E-state index contributed by atoms with van der Waals surface area (Å²) in [6.07, 6.45) is -4.90. The molecule has 2 fully saturated rings. The molecular weight excluding hydrogens is 554 g/mol. The Balaban J connectivity index is 1.61. The zero-order valence-corrected chi connectivity index (χ0v) is 23.1. The number of carbonyl (C=O) groups is 1. The Hall–Kier alpha value is -2.87. The van der Waals surface area contributed by atoms with Crippen LogP contribution < -0.4 is 15.8 Å². The van der Waals surface area contributed by atoms with E-state index in [-0.39, 0.29) is 12.2 Å². The Morgan fingerprint density at radius 2 is 1.90 bits per heavy atom. The lowest BCUT2D eigenvalue weighted by Crippen LogP contribution is -2.46. The first kappa shape index (κ1) is 30.1. The summed E-state index contributed by atoms with van der Waals surface area (Å²) in [7, 11) is -4.46. The van der Waals surface area contributed by atoms with Gasteiger partial charge in [-0.3, -0.25) is 28.2 Å². The third-order valence-corrected chi connectivity index (χ3v) is 7.74. The number of hydrogen-bond donors (Lipinski definition) is 1. The number of esters is 1. The van der Waals surface area contributed by atoms with E-state index >= 15 is 4.39 Å². The summed E-state index contributed by atoms with van der Waals surface area (Å²) in [6.45, 7) is 4.41. The molecule has 2 unspecified atom stereocenters. The number of phosphoric acid groups is 1. The zero-order chi connectivity index (χ0) is 28.9. The van der Waals surface area contributed by atoms with Crippen molar-refractivity contribution in [2.45, 2.75) is 70.1 Å². The molecule has 3 heterocycles. The second-order valence-electron chi connectivity index (χ2n) is 9.27. The maximum absolute atomic E-state index is 16.2. The van der Waals surface area contributed by atoms with Gasteiger partial charge in [0, 0.05) is 18.7 Å². The maximum Gasteiger partial charge on any atom is 0.530 e. The lowest BCUT2D eigenvalue weighted by atomic mass is 9.98. The second kappa shape index (κ2) is 12.8. The molecule has 0 radical (unpaired) electrons. The Morgan fingerprint density at radius 1 is 1.20 bits per heavy atom. The number of aromatic nitrogens is 2. The van der Waals surface area contributed by atoms with Gasteiger partial charge in [0.2, 0.25) is 0 Å². The van der Waals surface area contributed by atoms with Crippen LogP contribution >= 0.6 is 7.82 Å². The summed E-state index contributed by atoms with van der Waals surface area (Å²) >= 11 is 0. The summed E-state index contributed by atoms with van der Waals surface area (Å²) in [4.78, 5) is 38.2. The average Bonchev–Trinajstić information content (AvgIpc) is 3.54. The Morgan fingerprint density at radius 3 is 2.52 bits per heavy atom. The molecule has 2 aromatic rings. The monoisotopic (exact) mass is 586 g/mol. The van der Waals surface area contributed by atoms with E-state index in [1.165, 1.54) is 19.1 Å². The normalized spacial score (nSPS) is 27.2. The van der Waals surface area contributed by atoms with E-state index in [0.29, 0.717) is 19.6 Å². The average molecular weight is 587 g/mol. The lowest BCUT2D eigenvalue weighted by molar-refractivity contribution is -0.158. The number of alkyl halides is 1. The van der Waals surface area contributed by atoms with Crippen LogP contribution in [0.3, 0.4) is 0 Å². The van der Waals surface area contributed by atoms with Crippen molar-refractivity contribution in [3.8, 4) is 5.75 Å². The molecule has 2 aliphatic rings. The number of aromatic amines is 1. The molecule has 0 amide bonds. The predicted molar refractivity (Wildman–Crippen MR) is 136 cm³/mol. The molecule has 15 heteroatoms. The van der Waals surface area contributed by atoms with Gasteiger partial charge in [-0.1, -0.05) is 32.0 Å². The van der Waals surface area contributed by atoms with Crippen LogP contribution in [0.1, 0.15) is 39.8 Å². The summed E-state index contributed by atoms with van der Waals surface area (Å²) in [5.74, 6) is -0.568. The topological polar surface area (TPSA) is 154 Å². The Kier molecular flexibility index (Phi) is 9.60. The first-order chi connectivity index (χ1) is 19.1. The van der Waals surface area contributed by atoms with Crippen LogP contribution in [0, 0.1) is 0 Å². The smallest absolute Gasteiger partial charge is 0.456 e. The first-order valence-electron chi connectivity index (χ1n) is 12.8. The third kappa shape index (κ3) is 6.88. The molecule has 4 rings (SSSR count). The molecule has 220 valence electrons. The quantitative estimate of drug-likeness (QED) is 0.289. The van der Waals surface area contributed by atoms with E-state index < -0.39 is 68.1 Å². The summed E-state index contributed by atoms with van der Waals surface area (Å²) in [6, 6.07) is 9.14. The van der Waals surface area contributed by atoms with Gasteiger partial charge in [0.1, 0.15) is 18.0 Å². The Labute approximate surface area is 229 Å². The van der Waals surface area contributed by atoms with Crippen LogP contribution in [-0.2, 0) is 37.4 Å². The van der Waals surface area contributed by atoms with Gasteiger partial charge >= 0.3 is 19.5 Å². The van der Waals surface area contributed by atoms with Crippen LogP contribution in [0.15, 0.2) is 52.2 Å². The highest BCUT2D eigenvalue weighted by molar-refractivity contribution is 7.49. The molecule has 1 aromatic carbocycles. The molecule has 0 saturated carbocycles. The minimum atomic E-state index is -4.46.